The fourth-order valence-electron chi connectivity index (χ4n) is 2.84. The van der Waals surface area contributed by atoms with Gasteiger partial charge in [0.2, 0.25) is 0 Å². The summed E-state index contributed by atoms with van der Waals surface area (Å²) in [5, 5.41) is 16.0. The normalized spacial score (nSPS) is 18.3. The van der Waals surface area contributed by atoms with Gasteiger partial charge in [-0.05, 0) is 42.7 Å². The maximum Gasteiger partial charge on any atom is 0.431 e. The molecule has 0 spiro atoms. The first-order chi connectivity index (χ1) is 13.1. The van der Waals surface area contributed by atoms with Gasteiger partial charge < -0.3 is 5.11 Å². The van der Waals surface area contributed by atoms with Gasteiger partial charge in [-0.3, -0.25) is 5.01 Å². The van der Waals surface area contributed by atoms with Crippen molar-refractivity contribution in [3.8, 4) is 0 Å². The molecule has 28 heavy (non-hydrogen) atoms. The van der Waals surface area contributed by atoms with E-state index in [1.165, 1.54) is 29.3 Å². The second-order valence-electron chi connectivity index (χ2n) is 6.10. The van der Waals surface area contributed by atoms with Gasteiger partial charge in [-0.25, -0.2) is 0 Å². The lowest BCUT2D eigenvalue weighted by molar-refractivity contribution is -0.215. The summed E-state index contributed by atoms with van der Waals surface area (Å²) in [5.74, 6) is -0.863. The third-order valence-corrected chi connectivity index (χ3v) is 5.44. The number of hydrogen-bond donors (Lipinski definition) is 0. The highest BCUT2D eigenvalue weighted by molar-refractivity contribution is 7.90. The van der Waals surface area contributed by atoms with Crippen molar-refractivity contribution in [2.24, 2.45) is 9.50 Å². The number of para-hydroxylation sites is 1. The lowest BCUT2D eigenvalue weighted by Crippen LogP contribution is -2.21. The van der Waals surface area contributed by atoms with Crippen molar-refractivity contribution >= 4 is 27.3 Å². The zero-order valence-corrected chi connectivity index (χ0v) is 15.4. The Morgan fingerprint density at radius 2 is 1.75 bits per heavy atom. The predicted octanol–water partition coefficient (Wildman–Crippen LogP) is 3.02. The first-order valence-electron chi connectivity index (χ1n) is 8.15. The average molecular weight is 410 g/mol. The van der Waals surface area contributed by atoms with Crippen molar-refractivity contribution in [3.05, 3.63) is 60.2 Å². The topological polar surface area (TPSA) is 85.2 Å². The van der Waals surface area contributed by atoms with E-state index in [4.69, 9.17) is 0 Å². The summed E-state index contributed by atoms with van der Waals surface area (Å²) in [5.41, 5.74) is 0.0216. The van der Waals surface area contributed by atoms with E-state index in [1.807, 2.05) is 0 Å². The molecule has 0 amide bonds. The highest BCUT2D eigenvalue weighted by Gasteiger charge is 2.43. The van der Waals surface area contributed by atoms with E-state index < -0.39 is 33.9 Å². The van der Waals surface area contributed by atoms with Crippen LogP contribution in [0.1, 0.15) is 24.9 Å². The van der Waals surface area contributed by atoms with Gasteiger partial charge in [0.05, 0.1) is 16.6 Å². The SMILES string of the molecule is C/C([O-])=N\S(=O)(=O)c1ccc(C2CC(C(F)(F)F)=NN2c2ccccc2)cc1. The number of sulfonamides is 1. The molecular weight excluding hydrogens is 395 g/mol. The second kappa shape index (κ2) is 7.27. The van der Waals surface area contributed by atoms with Crippen LogP contribution in [0, 0.1) is 0 Å². The van der Waals surface area contributed by atoms with E-state index in [9.17, 15) is 26.7 Å². The van der Waals surface area contributed by atoms with E-state index in [0.29, 0.717) is 11.3 Å². The molecule has 2 aromatic carbocycles. The molecule has 1 aliphatic rings. The Morgan fingerprint density at radius 3 is 2.29 bits per heavy atom. The van der Waals surface area contributed by atoms with Crippen molar-refractivity contribution in [2.45, 2.75) is 30.5 Å². The van der Waals surface area contributed by atoms with Gasteiger partial charge in [-0.1, -0.05) is 30.3 Å². The van der Waals surface area contributed by atoms with Crippen LogP contribution in [0.25, 0.3) is 0 Å². The highest BCUT2D eigenvalue weighted by Crippen LogP contribution is 2.39. The van der Waals surface area contributed by atoms with Crippen LogP contribution in [-0.2, 0) is 10.0 Å². The smallest absolute Gasteiger partial charge is 0.431 e. The Kier molecular flexibility index (Phi) is 5.16. The molecule has 0 saturated carbocycles. The van der Waals surface area contributed by atoms with Crippen molar-refractivity contribution < 1.29 is 26.7 Å². The number of benzene rings is 2. The van der Waals surface area contributed by atoms with Crippen LogP contribution in [0.3, 0.4) is 0 Å². The van der Waals surface area contributed by atoms with E-state index in [-0.39, 0.29) is 11.3 Å². The number of rotatable bonds is 4. The van der Waals surface area contributed by atoms with Crippen molar-refractivity contribution in [1.82, 2.24) is 0 Å². The van der Waals surface area contributed by atoms with Gasteiger partial charge in [0.15, 0.2) is 0 Å². The lowest BCUT2D eigenvalue weighted by atomic mass is 10.0. The van der Waals surface area contributed by atoms with Gasteiger partial charge >= 0.3 is 6.18 Å². The Morgan fingerprint density at radius 1 is 1.14 bits per heavy atom. The van der Waals surface area contributed by atoms with Crippen LogP contribution >= 0.6 is 0 Å². The number of nitrogens with zero attached hydrogens (tertiary/aromatic N) is 3. The fourth-order valence-corrected chi connectivity index (χ4v) is 3.77. The van der Waals surface area contributed by atoms with Gasteiger partial charge in [0.25, 0.3) is 10.0 Å². The predicted molar refractivity (Wildman–Crippen MR) is 96.5 cm³/mol. The van der Waals surface area contributed by atoms with Crippen LogP contribution in [0.4, 0.5) is 18.9 Å². The maximum atomic E-state index is 13.2. The molecule has 0 aliphatic carbocycles. The largest absolute Gasteiger partial charge is 0.861 e. The van der Waals surface area contributed by atoms with E-state index in [1.54, 1.807) is 30.3 Å². The lowest BCUT2D eigenvalue weighted by Gasteiger charge is -2.24. The van der Waals surface area contributed by atoms with Crippen LogP contribution in [0.2, 0.25) is 0 Å². The van der Waals surface area contributed by atoms with Crippen LogP contribution in [0.5, 0.6) is 0 Å². The Bertz CT molecular complexity index is 1010. The minimum absolute atomic E-state index is 0.215. The first-order valence-corrected chi connectivity index (χ1v) is 9.59. The number of hydrazone groups is 1. The number of halogens is 3. The van der Waals surface area contributed by atoms with Gasteiger partial charge in [0.1, 0.15) is 5.71 Å². The summed E-state index contributed by atoms with van der Waals surface area (Å²) in [4.78, 5) is -0.215. The molecule has 148 valence electrons. The van der Waals surface area contributed by atoms with Crippen molar-refractivity contribution in [3.63, 3.8) is 0 Å². The summed E-state index contributed by atoms with van der Waals surface area (Å²) in [6.07, 6.45) is -4.94. The molecule has 3 rings (SSSR count). The van der Waals surface area contributed by atoms with Crippen molar-refractivity contribution in [1.29, 1.82) is 0 Å². The Labute approximate surface area is 159 Å². The minimum atomic E-state index is -4.56. The molecule has 10 heteroatoms. The summed E-state index contributed by atoms with van der Waals surface area (Å²) in [7, 11) is -4.15. The number of alkyl halides is 3. The summed E-state index contributed by atoms with van der Waals surface area (Å²) in [6, 6.07) is 12.9. The fraction of sp³-hybridized carbons (Fsp3) is 0.222. The summed E-state index contributed by atoms with van der Waals surface area (Å²) >= 11 is 0. The first kappa shape index (κ1) is 19.9. The quantitative estimate of drug-likeness (QED) is 0.573. The molecule has 1 aliphatic heterocycles. The van der Waals surface area contributed by atoms with Crippen LogP contribution < -0.4 is 10.1 Å². The summed E-state index contributed by atoms with van der Waals surface area (Å²) in [6.45, 7) is 1.01. The zero-order valence-electron chi connectivity index (χ0n) is 14.6. The molecule has 0 bridgehead atoms. The molecule has 2 aromatic rings. The average Bonchev–Trinajstić information content (AvgIpc) is 3.07. The standard InChI is InChI=1S/C18H16F3N3O3S/c1-12(25)23-28(26,27)15-9-7-13(8-10-15)16-11-17(18(19,20)21)22-24(16)14-5-3-2-4-6-14/h2-10,16H,11H2,1H3,(H,23,25)/p-1. The van der Waals surface area contributed by atoms with Crippen LogP contribution in [0.15, 0.2) is 69.0 Å². The monoisotopic (exact) mass is 410 g/mol. The van der Waals surface area contributed by atoms with E-state index >= 15 is 0 Å². The molecule has 0 N–H and O–H groups in total. The highest BCUT2D eigenvalue weighted by atomic mass is 32.2. The number of anilines is 1. The second-order valence-corrected chi connectivity index (χ2v) is 7.70. The van der Waals surface area contributed by atoms with E-state index in [2.05, 4.69) is 9.50 Å². The third-order valence-electron chi connectivity index (χ3n) is 4.07. The molecule has 1 unspecified atom stereocenters. The molecule has 0 aromatic heterocycles. The van der Waals surface area contributed by atoms with Crippen molar-refractivity contribution in [2.75, 3.05) is 5.01 Å². The number of hydrogen-bond acceptors (Lipinski definition) is 5. The molecule has 1 atom stereocenters. The molecule has 1 heterocycles. The molecule has 0 radical (unpaired) electrons. The zero-order chi connectivity index (χ0) is 20.5. The molecule has 0 fully saturated rings. The van der Waals surface area contributed by atoms with Gasteiger partial charge in [-0.2, -0.15) is 31.1 Å². The molecule has 6 nitrogen and oxygen atoms in total. The Hall–Kier alpha value is -2.88. The minimum Gasteiger partial charge on any atom is -0.861 e. The Balaban J connectivity index is 1.97. The summed E-state index contributed by atoms with van der Waals surface area (Å²) < 4.78 is 66.6. The third kappa shape index (κ3) is 4.16. The van der Waals surface area contributed by atoms with Gasteiger partial charge in [0, 0.05) is 6.42 Å². The molecular formula is C18H15F3N3O3S-. The van der Waals surface area contributed by atoms with E-state index in [0.717, 1.165) is 6.92 Å². The van der Waals surface area contributed by atoms with Crippen LogP contribution in [-0.4, -0.2) is 26.2 Å². The van der Waals surface area contributed by atoms with Gasteiger partial charge in [-0.15, -0.1) is 0 Å². The maximum absolute atomic E-state index is 13.2. The molecule has 0 saturated heterocycles.